The molecule has 6 rings (SSSR count). The van der Waals surface area contributed by atoms with Crippen molar-refractivity contribution in [1.29, 1.82) is 5.26 Å². The van der Waals surface area contributed by atoms with Crippen molar-refractivity contribution >= 4 is 40.8 Å². The van der Waals surface area contributed by atoms with Gasteiger partial charge < -0.3 is 9.47 Å². The van der Waals surface area contributed by atoms with Crippen LogP contribution in [-0.2, 0) is 16.1 Å². The van der Waals surface area contributed by atoms with E-state index in [9.17, 15) is 9.59 Å². The van der Waals surface area contributed by atoms with E-state index in [4.69, 9.17) is 19.7 Å². The number of carbonyl (C=O) groups is 1. The molecule has 0 N–H and O–H groups in total. The number of ether oxygens (including phenoxy) is 2. The fraction of sp³-hybridized carbons (Fsp3) is 0.135. The molecule has 0 saturated carbocycles. The van der Waals surface area contributed by atoms with E-state index in [0.717, 1.165) is 27.1 Å². The largest absolute Gasteiger partial charge is 0.489 e. The van der Waals surface area contributed by atoms with Crippen LogP contribution in [0.15, 0.2) is 123 Å². The van der Waals surface area contributed by atoms with Gasteiger partial charge in [-0.25, -0.2) is 9.79 Å². The second kappa shape index (κ2) is 13.9. The average molecular weight is 644 g/mol. The van der Waals surface area contributed by atoms with Crippen molar-refractivity contribution < 1.29 is 14.3 Å². The zero-order valence-electron chi connectivity index (χ0n) is 25.2. The molecule has 0 spiro atoms. The highest BCUT2D eigenvalue weighted by molar-refractivity contribution is 7.98. The molecule has 46 heavy (non-hydrogen) atoms. The van der Waals surface area contributed by atoms with Gasteiger partial charge >= 0.3 is 5.97 Å². The molecular weight excluding hydrogens is 615 g/mol. The van der Waals surface area contributed by atoms with Crippen LogP contribution in [0.2, 0.25) is 0 Å². The van der Waals surface area contributed by atoms with E-state index >= 15 is 0 Å². The summed E-state index contributed by atoms with van der Waals surface area (Å²) in [6.07, 6.45) is 3.82. The third-order valence-corrected chi connectivity index (χ3v) is 9.18. The molecule has 0 aliphatic carbocycles. The minimum Gasteiger partial charge on any atom is -0.489 e. The fourth-order valence-corrected chi connectivity index (χ4v) is 6.64. The molecule has 2 heterocycles. The van der Waals surface area contributed by atoms with Crippen molar-refractivity contribution in [2.24, 2.45) is 4.99 Å². The van der Waals surface area contributed by atoms with E-state index in [2.05, 4.69) is 6.07 Å². The first-order valence-electron chi connectivity index (χ1n) is 14.6. The first kappa shape index (κ1) is 30.8. The normalized spacial score (nSPS) is 14.3. The Bertz CT molecular complexity index is 2140. The van der Waals surface area contributed by atoms with Crippen molar-refractivity contribution in [2.45, 2.75) is 24.5 Å². The standard InChI is InChI=1S/C37H29N3O4S2/c1-3-43-36(42)32-33(27-9-5-4-6-10-27)39-37-40(34(32)28-16-18-30(45-2)19-17-28)35(41)31(46-37)21-26-8-7-11-29(20-26)44-23-25-14-12-24(22-38)13-15-25/h4-21,34H,3,23H2,1-2H3/b31-21-/t34-/m0/s1. The molecule has 4 aromatic carbocycles. The predicted octanol–water partition coefficient (Wildman–Crippen LogP) is 6.11. The summed E-state index contributed by atoms with van der Waals surface area (Å²) in [5.74, 6) is 0.138. The molecular formula is C37H29N3O4S2. The van der Waals surface area contributed by atoms with Gasteiger partial charge in [-0.2, -0.15) is 5.26 Å². The van der Waals surface area contributed by atoms with Crippen LogP contribution in [0.1, 0.15) is 40.8 Å². The number of thiazole rings is 1. The van der Waals surface area contributed by atoms with Gasteiger partial charge in [0.2, 0.25) is 0 Å². The second-order valence-electron chi connectivity index (χ2n) is 10.4. The SMILES string of the molecule is CCOC(=O)C1=C(c2ccccc2)N=c2s/c(=C\c3cccc(OCc4ccc(C#N)cc4)c3)c(=O)n2[C@H]1c1ccc(SC)cc1. The maximum absolute atomic E-state index is 14.2. The highest BCUT2D eigenvalue weighted by Gasteiger charge is 2.35. The lowest BCUT2D eigenvalue weighted by atomic mass is 9.93. The fourth-order valence-electron chi connectivity index (χ4n) is 5.23. The van der Waals surface area contributed by atoms with Gasteiger partial charge in [0.15, 0.2) is 4.80 Å². The highest BCUT2D eigenvalue weighted by Crippen LogP contribution is 2.35. The van der Waals surface area contributed by atoms with Gasteiger partial charge in [-0.15, -0.1) is 11.8 Å². The Hall–Kier alpha value is -5.17. The van der Waals surface area contributed by atoms with E-state index < -0.39 is 12.0 Å². The smallest absolute Gasteiger partial charge is 0.338 e. The first-order valence-corrected chi connectivity index (χ1v) is 16.7. The minimum atomic E-state index is -0.731. The summed E-state index contributed by atoms with van der Waals surface area (Å²) in [5, 5.41) is 9.04. The quantitative estimate of drug-likeness (QED) is 0.142. The van der Waals surface area contributed by atoms with E-state index in [1.807, 2.05) is 103 Å². The molecule has 0 amide bonds. The number of hydrogen-bond donors (Lipinski definition) is 0. The first-order chi connectivity index (χ1) is 22.5. The van der Waals surface area contributed by atoms with E-state index in [1.165, 1.54) is 11.3 Å². The number of thioether (sulfide) groups is 1. The average Bonchev–Trinajstić information content (AvgIpc) is 3.41. The van der Waals surface area contributed by atoms with Gasteiger partial charge in [0.05, 0.1) is 40.1 Å². The molecule has 0 radical (unpaired) electrons. The number of benzene rings is 4. The number of aromatic nitrogens is 1. The van der Waals surface area contributed by atoms with E-state index in [0.29, 0.717) is 38.5 Å². The molecule has 1 aromatic heterocycles. The third-order valence-electron chi connectivity index (χ3n) is 7.45. The predicted molar refractivity (Wildman–Crippen MR) is 181 cm³/mol. The van der Waals surface area contributed by atoms with Crippen LogP contribution in [0.5, 0.6) is 5.75 Å². The summed E-state index contributed by atoms with van der Waals surface area (Å²) in [6, 6.07) is 33.6. The Morgan fingerprint density at radius 3 is 2.48 bits per heavy atom. The lowest BCUT2D eigenvalue weighted by Crippen LogP contribution is -2.40. The van der Waals surface area contributed by atoms with Crippen LogP contribution in [-0.4, -0.2) is 23.4 Å². The van der Waals surface area contributed by atoms with Crippen molar-refractivity contribution in [2.75, 3.05) is 12.9 Å². The summed E-state index contributed by atoms with van der Waals surface area (Å²) < 4.78 is 13.7. The molecule has 1 atom stereocenters. The Morgan fingerprint density at radius 2 is 1.78 bits per heavy atom. The second-order valence-corrected chi connectivity index (χ2v) is 12.3. The summed E-state index contributed by atoms with van der Waals surface area (Å²) in [6.45, 7) is 2.29. The summed E-state index contributed by atoms with van der Waals surface area (Å²) >= 11 is 2.90. The van der Waals surface area contributed by atoms with Crippen LogP contribution < -0.4 is 19.6 Å². The zero-order chi connectivity index (χ0) is 32.0. The van der Waals surface area contributed by atoms with Crippen molar-refractivity contribution in [3.63, 3.8) is 0 Å². The highest BCUT2D eigenvalue weighted by atomic mass is 32.2. The number of nitrogens with zero attached hydrogens (tertiary/aromatic N) is 3. The van der Waals surface area contributed by atoms with Gasteiger partial charge in [0.1, 0.15) is 12.4 Å². The van der Waals surface area contributed by atoms with E-state index in [-0.39, 0.29) is 12.2 Å². The van der Waals surface area contributed by atoms with Crippen LogP contribution >= 0.6 is 23.1 Å². The lowest BCUT2D eigenvalue weighted by molar-refractivity contribution is -0.138. The Morgan fingerprint density at radius 1 is 1.02 bits per heavy atom. The topological polar surface area (TPSA) is 93.7 Å². The number of carbonyl (C=O) groups excluding carboxylic acids is 1. The molecule has 0 unspecified atom stereocenters. The van der Waals surface area contributed by atoms with Crippen molar-refractivity contribution in [3.05, 3.63) is 156 Å². The van der Waals surface area contributed by atoms with Crippen LogP contribution in [0, 0.1) is 11.3 Å². The number of nitriles is 1. The Kier molecular flexibility index (Phi) is 9.29. The zero-order valence-corrected chi connectivity index (χ0v) is 26.8. The van der Waals surface area contributed by atoms with E-state index in [1.54, 1.807) is 35.4 Å². The molecule has 7 nitrogen and oxygen atoms in total. The summed E-state index contributed by atoms with van der Waals surface area (Å²) in [5.41, 5.74) is 4.44. The molecule has 5 aromatic rings. The number of fused-ring (bicyclic) bond motifs is 1. The van der Waals surface area contributed by atoms with Crippen LogP contribution in [0.4, 0.5) is 0 Å². The molecule has 0 fully saturated rings. The third kappa shape index (κ3) is 6.45. The molecule has 1 aliphatic rings. The molecule has 0 bridgehead atoms. The van der Waals surface area contributed by atoms with Crippen molar-refractivity contribution in [1.82, 2.24) is 4.57 Å². The lowest BCUT2D eigenvalue weighted by Gasteiger charge is -2.26. The molecule has 9 heteroatoms. The van der Waals surface area contributed by atoms with Gasteiger partial charge in [-0.3, -0.25) is 9.36 Å². The summed E-state index contributed by atoms with van der Waals surface area (Å²) in [7, 11) is 0. The van der Waals surface area contributed by atoms with Crippen LogP contribution in [0.3, 0.4) is 0 Å². The number of rotatable bonds is 9. The van der Waals surface area contributed by atoms with Crippen molar-refractivity contribution in [3.8, 4) is 11.8 Å². The Labute approximate surface area is 274 Å². The van der Waals surface area contributed by atoms with Gasteiger partial charge in [-0.1, -0.05) is 78.1 Å². The molecule has 228 valence electrons. The molecule has 1 aliphatic heterocycles. The monoisotopic (exact) mass is 643 g/mol. The maximum atomic E-state index is 14.2. The molecule has 0 saturated heterocycles. The number of hydrogen-bond acceptors (Lipinski definition) is 8. The van der Waals surface area contributed by atoms with Gasteiger partial charge in [-0.05, 0) is 72.3 Å². The number of esters is 1. The Balaban J connectivity index is 1.45. The van der Waals surface area contributed by atoms with Gasteiger partial charge in [0, 0.05) is 10.5 Å². The maximum Gasteiger partial charge on any atom is 0.338 e. The minimum absolute atomic E-state index is 0.191. The van der Waals surface area contributed by atoms with Gasteiger partial charge in [0.25, 0.3) is 5.56 Å². The summed E-state index contributed by atoms with van der Waals surface area (Å²) in [4.78, 5) is 34.3. The van der Waals surface area contributed by atoms with Crippen LogP contribution in [0.25, 0.3) is 11.8 Å².